The Morgan fingerprint density at radius 2 is 1.07 bits per heavy atom. The molecule has 308 valence electrons. The van der Waals surface area contributed by atoms with Crippen LogP contribution in [0.15, 0.2) is 82.6 Å². The van der Waals surface area contributed by atoms with Crippen molar-refractivity contribution in [1.82, 2.24) is 9.80 Å². The van der Waals surface area contributed by atoms with E-state index in [4.69, 9.17) is 32.7 Å². The maximum Gasteiger partial charge on any atom is 0.308 e. The minimum Gasteiger partial charge on any atom is -0.507 e. The second kappa shape index (κ2) is 19.0. The average Bonchev–Trinajstić information content (AvgIpc) is 3.24. The molecule has 2 fully saturated rings. The van der Waals surface area contributed by atoms with Gasteiger partial charge in [0.1, 0.15) is 23.0 Å². The Kier molecular flexibility index (Phi) is 13.8. The third-order valence-corrected chi connectivity index (χ3v) is 12.4. The summed E-state index contributed by atoms with van der Waals surface area (Å²) in [4.78, 5) is 53.1. The fraction of sp³-hybridized carbons (Fsp3) is 0.273. The number of phenols is 2. The van der Waals surface area contributed by atoms with Gasteiger partial charge in [0.25, 0.3) is 0 Å². The molecule has 15 heteroatoms. The number of rotatable bonds is 12. The molecule has 0 saturated carbocycles. The van der Waals surface area contributed by atoms with Crippen LogP contribution in [0.1, 0.15) is 36.8 Å². The van der Waals surface area contributed by atoms with Gasteiger partial charge in [-0.2, -0.15) is 0 Å². The third kappa shape index (κ3) is 9.48. The summed E-state index contributed by atoms with van der Waals surface area (Å²) < 4.78 is 11.4. The maximum atomic E-state index is 13.2. The molecule has 12 nitrogen and oxygen atoms in total. The van der Waals surface area contributed by atoms with Crippen molar-refractivity contribution in [2.24, 2.45) is 11.8 Å². The third-order valence-electron chi connectivity index (χ3n) is 10.4. The normalized spacial score (nSPS) is 17.0. The molecule has 4 aromatic rings. The highest BCUT2D eigenvalue weighted by atomic mass is 35.5. The Bertz CT molecular complexity index is 2190. The minimum absolute atomic E-state index is 0.0800. The summed E-state index contributed by atoms with van der Waals surface area (Å²) in [5, 5.41) is 43.0. The van der Waals surface area contributed by atoms with Gasteiger partial charge in [0.2, 0.25) is 11.8 Å². The molecule has 2 atom stereocenters. The van der Waals surface area contributed by atoms with E-state index < -0.39 is 35.6 Å². The number of para-hydroxylation sites is 2. The number of nitrogens with zero attached hydrogens (tertiary/aromatic N) is 2. The largest absolute Gasteiger partial charge is 0.507 e. The van der Waals surface area contributed by atoms with E-state index in [1.165, 1.54) is 60.5 Å². The lowest BCUT2D eigenvalue weighted by Crippen LogP contribution is -2.41. The number of amides is 2. The molecular weight excluding hydrogens is 819 g/mol. The lowest BCUT2D eigenvalue weighted by atomic mass is 9.98. The van der Waals surface area contributed by atoms with Crippen molar-refractivity contribution in [3.63, 3.8) is 0 Å². The first kappa shape index (κ1) is 43.0. The number of piperidine rings is 2. The van der Waals surface area contributed by atoms with Crippen LogP contribution in [0.2, 0.25) is 10.0 Å². The van der Waals surface area contributed by atoms with Gasteiger partial charge in [-0.05, 0) is 73.2 Å². The zero-order chi connectivity index (χ0) is 42.4. The van der Waals surface area contributed by atoms with Crippen LogP contribution in [-0.4, -0.2) is 94.4 Å². The highest BCUT2D eigenvalue weighted by molar-refractivity contribution is 7.99. The van der Waals surface area contributed by atoms with Crippen molar-refractivity contribution in [3.05, 3.63) is 94.0 Å². The van der Waals surface area contributed by atoms with Crippen molar-refractivity contribution in [2.45, 2.75) is 35.5 Å². The van der Waals surface area contributed by atoms with Crippen molar-refractivity contribution in [1.29, 1.82) is 0 Å². The topological polar surface area (TPSA) is 174 Å². The smallest absolute Gasteiger partial charge is 0.308 e. The Morgan fingerprint density at radius 3 is 1.44 bits per heavy atom. The van der Waals surface area contributed by atoms with Crippen LogP contribution in [-0.2, 0) is 19.2 Å². The van der Waals surface area contributed by atoms with Crippen molar-refractivity contribution in [3.8, 4) is 45.3 Å². The van der Waals surface area contributed by atoms with Gasteiger partial charge < -0.3 is 39.7 Å². The lowest BCUT2D eigenvalue weighted by molar-refractivity contribution is -0.146. The molecule has 2 aliphatic rings. The average molecular weight is 862 g/mol. The molecule has 0 spiro atoms. The molecule has 0 radical (unpaired) electrons. The number of hydrogen-bond acceptors (Lipinski definition) is 9. The van der Waals surface area contributed by atoms with Crippen LogP contribution >= 0.6 is 35.0 Å². The summed E-state index contributed by atoms with van der Waals surface area (Å²) in [6, 6.07) is 16.8. The highest BCUT2D eigenvalue weighted by Gasteiger charge is 2.30. The Hall–Kier alpha value is -5.63. The summed E-state index contributed by atoms with van der Waals surface area (Å²) in [6.45, 7) is 0.976. The molecule has 4 aromatic carbocycles. The monoisotopic (exact) mass is 860 g/mol. The maximum absolute atomic E-state index is 13.2. The van der Waals surface area contributed by atoms with Crippen LogP contribution in [0, 0.1) is 11.8 Å². The van der Waals surface area contributed by atoms with E-state index in [9.17, 15) is 39.6 Å². The van der Waals surface area contributed by atoms with Gasteiger partial charge in [-0.3, -0.25) is 19.2 Å². The van der Waals surface area contributed by atoms with E-state index in [0.29, 0.717) is 72.5 Å². The first-order valence-electron chi connectivity index (χ1n) is 18.8. The first-order chi connectivity index (χ1) is 28.3. The number of carboxylic acid groups (broad SMARTS) is 2. The zero-order valence-electron chi connectivity index (χ0n) is 32.2. The predicted octanol–water partition coefficient (Wildman–Crippen LogP) is 8.58. The summed E-state index contributed by atoms with van der Waals surface area (Å²) >= 11 is 15.4. The number of hydrogen-bond donors (Lipinski definition) is 4. The summed E-state index contributed by atoms with van der Waals surface area (Å²) in [6.07, 6.45) is 7.59. The van der Waals surface area contributed by atoms with Crippen LogP contribution < -0.4 is 9.47 Å². The van der Waals surface area contributed by atoms with Crippen LogP contribution in [0.3, 0.4) is 0 Å². The fourth-order valence-corrected chi connectivity index (χ4v) is 9.22. The summed E-state index contributed by atoms with van der Waals surface area (Å²) in [5.74, 6) is -3.71. The first-order valence-corrected chi connectivity index (χ1v) is 20.3. The molecule has 6 rings (SSSR count). The zero-order valence-corrected chi connectivity index (χ0v) is 34.5. The van der Waals surface area contributed by atoms with E-state index in [1.807, 2.05) is 0 Å². The van der Waals surface area contributed by atoms with E-state index >= 15 is 0 Å². The molecule has 2 unspecified atom stereocenters. The van der Waals surface area contributed by atoms with Crippen molar-refractivity contribution < 1.29 is 49.1 Å². The van der Waals surface area contributed by atoms with Crippen molar-refractivity contribution >= 4 is 70.9 Å². The fourth-order valence-electron chi connectivity index (χ4n) is 7.32. The molecular formula is C44H42Cl2N2O10S. The summed E-state index contributed by atoms with van der Waals surface area (Å²) in [5.41, 5.74) is 2.20. The van der Waals surface area contributed by atoms with E-state index in [-0.39, 0.29) is 55.6 Å². The lowest BCUT2D eigenvalue weighted by Gasteiger charge is -2.29. The second-order valence-electron chi connectivity index (χ2n) is 14.1. The standard InChI is InChI=1S/C44H42Cl2N2O10S/c1-57-33-13-5-3-11-29(33)37-39(45)25(15-17-35(51)47-19-7-9-27(23-47)43(53)54)21-31(49)41(37)59-42-32(50)22-26(40(46)38(42)30-12-4-6-14-34(30)58-2)16-18-36(52)48-20-8-10-28(24-48)44(55)56/h3-6,11-18,21-22,27-28,49-50H,7-10,19-20,23-24H2,1-2H3,(H,53,54)(H,55,56)/b17-15+,18-16+. The summed E-state index contributed by atoms with van der Waals surface area (Å²) in [7, 11) is 2.98. The number of aromatic hydroxyl groups is 2. The van der Waals surface area contributed by atoms with Gasteiger partial charge >= 0.3 is 11.9 Å². The molecule has 2 aliphatic heterocycles. The van der Waals surface area contributed by atoms with Gasteiger partial charge in [-0.25, -0.2) is 0 Å². The number of likely N-dealkylation sites (tertiary alicyclic amines) is 2. The van der Waals surface area contributed by atoms with Gasteiger partial charge in [0.05, 0.1) is 45.9 Å². The second-order valence-corrected chi connectivity index (χ2v) is 15.9. The number of ether oxygens (including phenoxy) is 2. The molecule has 4 N–H and O–H groups in total. The quantitative estimate of drug-likeness (QED) is 0.101. The van der Waals surface area contributed by atoms with Crippen molar-refractivity contribution in [2.75, 3.05) is 40.4 Å². The molecule has 0 aromatic heterocycles. The molecule has 2 heterocycles. The number of phenolic OH excluding ortho intramolecular Hbond substituents is 2. The van der Waals surface area contributed by atoms with Crippen LogP contribution in [0.4, 0.5) is 0 Å². The molecule has 2 saturated heterocycles. The van der Waals surface area contributed by atoms with E-state index in [2.05, 4.69) is 0 Å². The SMILES string of the molecule is COc1ccccc1-c1c(Cl)c(/C=C/C(=O)N2CCCC(C(=O)O)C2)cc(O)c1Sc1c(O)cc(/C=C/C(=O)N2CCCC(C(=O)O)C2)c(Cl)c1-c1ccccc1OC. The molecule has 59 heavy (non-hydrogen) atoms. The number of benzene rings is 4. The van der Waals surface area contributed by atoms with E-state index in [1.54, 1.807) is 48.5 Å². The number of halogens is 2. The minimum atomic E-state index is -0.957. The predicted molar refractivity (Wildman–Crippen MR) is 226 cm³/mol. The van der Waals surface area contributed by atoms with Gasteiger partial charge in [-0.15, -0.1) is 0 Å². The van der Waals surface area contributed by atoms with E-state index in [0.717, 1.165) is 11.8 Å². The number of methoxy groups -OCH3 is 2. The van der Waals surface area contributed by atoms with Gasteiger partial charge in [0.15, 0.2) is 0 Å². The molecule has 2 amide bonds. The van der Waals surface area contributed by atoms with Crippen LogP contribution in [0.5, 0.6) is 23.0 Å². The van der Waals surface area contributed by atoms with Gasteiger partial charge in [0, 0.05) is 60.6 Å². The molecule has 0 aliphatic carbocycles. The molecule has 0 bridgehead atoms. The van der Waals surface area contributed by atoms with Crippen LogP contribution in [0.25, 0.3) is 34.4 Å². The number of carboxylic acids is 2. The highest BCUT2D eigenvalue weighted by Crippen LogP contribution is 2.55. The Morgan fingerprint density at radius 1 is 0.678 bits per heavy atom. The number of carbonyl (C=O) groups excluding carboxylic acids is 2. The van der Waals surface area contributed by atoms with Gasteiger partial charge in [-0.1, -0.05) is 71.4 Å². The Labute approximate surface area is 355 Å². The number of aliphatic carboxylic acids is 2. The number of carbonyl (C=O) groups is 4. The Balaban J connectivity index is 1.46.